The maximum Gasteiger partial charge on any atom is 0.410 e. The van der Waals surface area contributed by atoms with Gasteiger partial charge in [0.15, 0.2) is 0 Å². The minimum absolute atomic E-state index is 0.219. The van der Waals surface area contributed by atoms with E-state index in [1.54, 1.807) is 4.90 Å². The highest BCUT2D eigenvalue weighted by atomic mass is 16.6. The lowest BCUT2D eigenvalue weighted by molar-refractivity contribution is 0.0203. The third-order valence-electron chi connectivity index (χ3n) is 7.20. The number of amides is 1. The highest BCUT2D eigenvalue weighted by Gasteiger charge is 2.44. The summed E-state index contributed by atoms with van der Waals surface area (Å²) in [5.41, 5.74) is 0.720. The number of rotatable bonds is 10. The SMILES string of the molecule is CCc1cnc(C2CCN(C(=O)OC(C)(C)C)CC2)nc1.[B]B([B])B([B])B(B(B([B])[B])B([B])[B])B(B([B])[B])B([B])[B]. The lowest BCUT2D eigenvalue weighted by Crippen LogP contribution is -2.80. The fourth-order valence-electron chi connectivity index (χ4n) is 4.97. The Balaban J connectivity index is 0.000000411. The van der Waals surface area contributed by atoms with Crippen LogP contribution in [0.3, 0.4) is 0 Å². The van der Waals surface area contributed by atoms with Gasteiger partial charge in [-0.1, -0.05) is 6.92 Å². The summed E-state index contributed by atoms with van der Waals surface area (Å²) in [6.45, 7) is 9.18. The quantitative estimate of drug-likeness (QED) is 0.300. The Morgan fingerprint density at radius 1 is 0.805 bits per heavy atom. The van der Waals surface area contributed by atoms with Crippen molar-refractivity contribution in [2.24, 2.45) is 0 Å². The molecule has 0 aliphatic carbocycles. The van der Waals surface area contributed by atoms with Gasteiger partial charge < -0.3 is 9.64 Å². The molecule has 1 amide bonds. The van der Waals surface area contributed by atoms with Gasteiger partial charge in [-0.2, -0.15) is 0 Å². The van der Waals surface area contributed by atoms with Gasteiger partial charge in [-0.15, -0.1) is 0 Å². The van der Waals surface area contributed by atoms with Crippen LogP contribution in [0.1, 0.15) is 57.8 Å². The molecule has 22 radical (unpaired) electrons. The van der Waals surface area contributed by atoms with Crippen LogP contribution in [0.5, 0.6) is 0 Å². The Morgan fingerprint density at radius 3 is 1.54 bits per heavy atom. The molecular formula is C16H25B20N3O2. The zero-order valence-electron chi connectivity index (χ0n) is 25.0. The van der Waals surface area contributed by atoms with Crippen LogP contribution in [0.25, 0.3) is 0 Å². The number of hydrogen-bond donors (Lipinski definition) is 0. The molecule has 0 atom stereocenters. The van der Waals surface area contributed by atoms with E-state index in [2.05, 4.69) is 16.9 Å². The van der Waals surface area contributed by atoms with Gasteiger partial charge in [0.25, 0.3) is 0 Å². The van der Waals surface area contributed by atoms with Crippen molar-refractivity contribution >= 4 is 149 Å². The van der Waals surface area contributed by atoms with E-state index < -0.39 is 63.1 Å². The predicted molar refractivity (Wildman–Crippen MR) is 196 cm³/mol. The lowest BCUT2D eigenvalue weighted by Gasteiger charge is -2.42. The average Bonchev–Trinajstić information content (AvgIpc) is 2.86. The van der Waals surface area contributed by atoms with Gasteiger partial charge in [-0.05, 0) is 45.6 Å². The van der Waals surface area contributed by atoms with Gasteiger partial charge >= 0.3 is 6.09 Å². The zero-order chi connectivity index (χ0) is 31.7. The van der Waals surface area contributed by atoms with Gasteiger partial charge in [0.2, 0.25) is 0 Å². The topological polar surface area (TPSA) is 55.3 Å². The molecule has 0 spiro atoms. The Bertz CT molecular complexity index is 861. The summed E-state index contributed by atoms with van der Waals surface area (Å²) < 4.78 is 5.40. The number of likely N-dealkylation sites (tertiary alicyclic amines) is 1. The maximum atomic E-state index is 12.0. The molecule has 0 aromatic carbocycles. The molecule has 1 saturated heterocycles. The first-order chi connectivity index (χ1) is 18.9. The minimum Gasteiger partial charge on any atom is -0.444 e. The predicted octanol–water partition coefficient (Wildman–Crippen LogP) is -4.46. The molecule has 0 saturated carbocycles. The normalized spacial score (nSPS) is 13.1. The zero-order valence-corrected chi connectivity index (χ0v) is 25.0. The Labute approximate surface area is 267 Å². The number of aromatic nitrogens is 2. The summed E-state index contributed by atoms with van der Waals surface area (Å²) in [4.78, 5) is 22.7. The fraction of sp³-hybridized carbons (Fsp3) is 0.688. The summed E-state index contributed by atoms with van der Waals surface area (Å²) >= 11 is 0. The molecule has 1 fully saturated rings. The summed E-state index contributed by atoms with van der Waals surface area (Å²) in [5, 5.41) is 0. The van der Waals surface area contributed by atoms with Crippen molar-refractivity contribution in [3.63, 3.8) is 0 Å². The highest BCUT2D eigenvalue weighted by Crippen LogP contribution is 2.26. The van der Waals surface area contributed by atoms with Crippen molar-refractivity contribution in [1.29, 1.82) is 0 Å². The van der Waals surface area contributed by atoms with Crippen molar-refractivity contribution in [3.8, 4) is 0 Å². The van der Waals surface area contributed by atoms with Crippen LogP contribution in [0.15, 0.2) is 12.4 Å². The number of nitrogens with zero attached hydrogens (tertiary/aromatic N) is 3. The molecule has 0 N–H and O–H groups in total. The fourth-order valence-corrected chi connectivity index (χ4v) is 4.97. The summed E-state index contributed by atoms with van der Waals surface area (Å²) in [7, 11) is 63.2. The van der Waals surface area contributed by atoms with Crippen LogP contribution in [0, 0.1) is 0 Å². The van der Waals surface area contributed by atoms with Crippen LogP contribution in [-0.2, 0) is 11.2 Å². The third-order valence-corrected chi connectivity index (χ3v) is 7.20. The maximum absolute atomic E-state index is 12.0. The molecule has 25 heteroatoms. The van der Waals surface area contributed by atoms with Crippen LogP contribution in [0.2, 0.25) is 0 Å². The Kier molecular flexibility index (Phi) is 16.8. The Morgan fingerprint density at radius 2 is 1.22 bits per heavy atom. The third kappa shape index (κ3) is 12.7. The number of hydrogen-bond acceptors (Lipinski definition) is 4. The van der Waals surface area contributed by atoms with Crippen molar-refractivity contribution in [1.82, 2.24) is 14.9 Å². The van der Waals surface area contributed by atoms with E-state index in [0.717, 1.165) is 30.7 Å². The lowest BCUT2D eigenvalue weighted by atomic mass is 8.39. The van der Waals surface area contributed by atoms with E-state index in [4.69, 9.17) is 89.8 Å². The number of carbonyl (C=O) groups is 1. The van der Waals surface area contributed by atoms with Crippen LogP contribution < -0.4 is 0 Å². The molecular weight excluding hydrogens is 482 g/mol. The highest BCUT2D eigenvalue weighted by molar-refractivity contribution is 8.19. The molecule has 41 heavy (non-hydrogen) atoms. The molecule has 1 aromatic rings. The Hall–Kier alpha value is -0.351. The van der Waals surface area contributed by atoms with Crippen LogP contribution in [0.4, 0.5) is 4.79 Å². The van der Waals surface area contributed by atoms with E-state index in [1.165, 1.54) is 0 Å². The monoisotopic (exact) mass is 511 g/mol. The van der Waals surface area contributed by atoms with Gasteiger partial charge in [0, 0.05) is 174 Å². The smallest absolute Gasteiger partial charge is 0.410 e. The molecule has 5 nitrogen and oxygen atoms in total. The van der Waals surface area contributed by atoms with Crippen molar-refractivity contribution in [3.05, 3.63) is 23.8 Å². The van der Waals surface area contributed by atoms with E-state index in [0.29, 0.717) is 19.0 Å². The first-order valence-electron chi connectivity index (χ1n) is 14.0. The second kappa shape index (κ2) is 17.8. The first-order valence-corrected chi connectivity index (χ1v) is 14.0. The van der Waals surface area contributed by atoms with E-state index in [9.17, 15) is 4.79 Å². The van der Waals surface area contributed by atoms with Gasteiger partial charge in [-0.25, -0.2) is 14.8 Å². The number of ether oxygens (including phenoxy) is 1. The molecule has 0 unspecified atom stereocenters. The average molecular weight is 508 g/mol. The van der Waals surface area contributed by atoms with Crippen LogP contribution >= 0.6 is 0 Å². The van der Waals surface area contributed by atoms with Gasteiger partial charge in [0.1, 0.15) is 11.4 Å². The first kappa shape index (κ1) is 38.7. The van der Waals surface area contributed by atoms with E-state index in [-0.39, 0.29) is 6.09 Å². The molecule has 2 rings (SSSR count). The number of piperidine rings is 1. The summed E-state index contributed by atoms with van der Waals surface area (Å²) in [6, 6.07) is 0. The molecule has 2 heterocycles. The molecule has 1 aliphatic rings. The second-order valence-corrected chi connectivity index (χ2v) is 11.7. The van der Waals surface area contributed by atoms with E-state index >= 15 is 0 Å². The van der Waals surface area contributed by atoms with Crippen molar-refractivity contribution in [2.75, 3.05) is 13.1 Å². The van der Waals surface area contributed by atoms with Crippen LogP contribution in [-0.4, -0.2) is 182 Å². The molecule has 1 aliphatic heterocycles. The van der Waals surface area contributed by atoms with Gasteiger partial charge in [-0.3, -0.25) is 0 Å². The standard InChI is InChI=1S/C16H25N3O2.B20/c1-5-12-10-17-14(18-11-12)13-6-8-19(9-7-13)15(20)21-16(2,3)4;1-12(2)17(11)20(18(13(3)4)14(5)6)19(15(7)8)16(9)10/h10-11,13H,5-9H2,1-4H3;. The number of carbonyl (C=O) groups excluding carboxylic acids is 1. The summed E-state index contributed by atoms with van der Waals surface area (Å²) in [5.74, 6) is 1.24. The minimum atomic E-state index is -0.889. The molecule has 1 aromatic heterocycles. The largest absolute Gasteiger partial charge is 0.444 e. The van der Waals surface area contributed by atoms with Crippen molar-refractivity contribution in [2.45, 2.75) is 58.5 Å². The van der Waals surface area contributed by atoms with Gasteiger partial charge in [0.05, 0.1) is 0 Å². The second-order valence-electron chi connectivity index (χ2n) is 11.7. The molecule has 176 valence electrons. The number of aryl methyl sites for hydroxylation is 1. The van der Waals surface area contributed by atoms with E-state index in [1.807, 2.05) is 33.2 Å². The molecule has 0 bridgehead atoms. The van der Waals surface area contributed by atoms with Crippen molar-refractivity contribution < 1.29 is 9.53 Å². The summed E-state index contributed by atoms with van der Waals surface area (Å²) in [6.07, 6.45) is -0.818.